The maximum absolute atomic E-state index is 11.8. The van der Waals surface area contributed by atoms with Crippen LogP contribution in [0, 0.1) is 0 Å². The normalized spacial score (nSPS) is 10.0. The van der Waals surface area contributed by atoms with E-state index in [-0.39, 0.29) is 5.69 Å². The molecule has 0 aliphatic carbocycles. The molecule has 1 aromatic carbocycles. The topological polar surface area (TPSA) is 77.5 Å². The van der Waals surface area contributed by atoms with Gasteiger partial charge in [-0.25, -0.2) is 9.78 Å². The summed E-state index contributed by atoms with van der Waals surface area (Å²) in [6.07, 6.45) is 1.39. The lowest BCUT2D eigenvalue weighted by atomic mass is 10.3. The Morgan fingerprint density at radius 1 is 1.22 bits per heavy atom. The number of halogens is 1. The average molecular weight is 335 g/mol. The van der Waals surface area contributed by atoms with Gasteiger partial charge in [-0.3, -0.25) is 4.79 Å². The largest absolute Gasteiger partial charge is 0.494 e. The van der Waals surface area contributed by atoms with E-state index in [0.717, 1.165) is 0 Å². The fourth-order valence-corrected chi connectivity index (χ4v) is 1.88. The highest BCUT2D eigenvalue weighted by Crippen LogP contribution is 2.15. The van der Waals surface area contributed by atoms with Gasteiger partial charge in [0.2, 0.25) is 0 Å². The second-order valence-electron chi connectivity index (χ2n) is 4.44. The van der Waals surface area contributed by atoms with Gasteiger partial charge in [-0.2, -0.15) is 0 Å². The standard InChI is InChI=1S/C16H15ClN2O4/c1-2-22-13-5-3-12(4-6-13)19-15(20)10-23-16(21)14-9-11(17)7-8-18-14/h3-9H,2,10H2,1H3,(H,19,20). The Morgan fingerprint density at radius 2 is 1.96 bits per heavy atom. The Morgan fingerprint density at radius 3 is 2.61 bits per heavy atom. The van der Waals surface area contributed by atoms with Crippen LogP contribution < -0.4 is 10.1 Å². The molecule has 0 spiro atoms. The van der Waals surface area contributed by atoms with Gasteiger partial charge in [0.15, 0.2) is 6.61 Å². The van der Waals surface area contributed by atoms with Crippen LogP contribution in [0.25, 0.3) is 0 Å². The molecule has 0 atom stereocenters. The lowest BCUT2D eigenvalue weighted by Crippen LogP contribution is -2.21. The predicted molar refractivity (Wildman–Crippen MR) is 85.8 cm³/mol. The zero-order valence-electron chi connectivity index (χ0n) is 12.4. The number of esters is 1. The van der Waals surface area contributed by atoms with Gasteiger partial charge in [-0.05, 0) is 43.3 Å². The van der Waals surface area contributed by atoms with Crippen molar-refractivity contribution in [1.82, 2.24) is 4.98 Å². The van der Waals surface area contributed by atoms with E-state index in [1.807, 2.05) is 6.92 Å². The summed E-state index contributed by atoms with van der Waals surface area (Å²) in [4.78, 5) is 27.3. The van der Waals surface area contributed by atoms with Gasteiger partial charge in [0.1, 0.15) is 11.4 Å². The van der Waals surface area contributed by atoms with Gasteiger partial charge in [0, 0.05) is 16.9 Å². The minimum atomic E-state index is -0.714. The van der Waals surface area contributed by atoms with Crippen LogP contribution in [0.5, 0.6) is 5.75 Å². The molecule has 6 nitrogen and oxygen atoms in total. The molecule has 0 aliphatic rings. The number of benzene rings is 1. The van der Waals surface area contributed by atoms with Crippen LogP contribution >= 0.6 is 11.6 Å². The van der Waals surface area contributed by atoms with Crippen molar-refractivity contribution < 1.29 is 19.1 Å². The number of hydrogen-bond donors (Lipinski definition) is 1. The zero-order chi connectivity index (χ0) is 16.7. The number of carbonyl (C=O) groups is 2. The van der Waals surface area contributed by atoms with Gasteiger partial charge in [0.05, 0.1) is 6.61 Å². The van der Waals surface area contributed by atoms with Gasteiger partial charge >= 0.3 is 5.97 Å². The van der Waals surface area contributed by atoms with E-state index in [1.165, 1.54) is 18.3 Å². The van der Waals surface area contributed by atoms with Crippen molar-refractivity contribution in [3.63, 3.8) is 0 Å². The molecule has 0 radical (unpaired) electrons. The summed E-state index contributed by atoms with van der Waals surface area (Å²) in [5.74, 6) is -0.456. The van der Waals surface area contributed by atoms with Crippen molar-refractivity contribution >= 4 is 29.2 Å². The Kier molecular flexibility index (Phi) is 5.94. The first kappa shape index (κ1) is 16.8. The van der Waals surface area contributed by atoms with E-state index in [4.69, 9.17) is 21.1 Å². The van der Waals surface area contributed by atoms with E-state index in [0.29, 0.717) is 23.1 Å². The third-order valence-electron chi connectivity index (χ3n) is 2.71. The lowest BCUT2D eigenvalue weighted by Gasteiger charge is -2.08. The molecular formula is C16H15ClN2O4. The monoisotopic (exact) mass is 334 g/mol. The minimum Gasteiger partial charge on any atom is -0.494 e. The number of nitrogens with one attached hydrogen (secondary N) is 1. The molecule has 0 aliphatic heterocycles. The Labute approximate surface area is 138 Å². The fraction of sp³-hybridized carbons (Fsp3) is 0.188. The van der Waals surface area contributed by atoms with Crippen molar-refractivity contribution in [3.05, 3.63) is 53.3 Å². The SMILES string of the molecule is CCOc1ccc(NC(=O)COC(=O)c2cc(Cl)ccn2)cc1. The van der Waals surface area contributed by atoms with E-state index < -0.39 is 18.5 Å². The number of pyridine rings is 1. The molecule has 0 fully saturated rings. The summed E-state index contributed by atoms with van der Waals surface area (Å²) < 4.78 is 10.2. The molecule has 1 amide bonds. The highest BCUT2D eigenvalue weighted by atomic mass is 35.5. The number of aromatic nitrogens is 1. The van der Waals surface area contributed by atoms with Crippen molar-refractivity contribution in [2.75, 3.05) is 18.5 Å². The van der Waals surface area contributed by atoms with Crippen LogP contribution in [-0.4, -0.2) is 30.1 Å². The van der Waals surface area contributed by atoms with Crippen molar-refractivity contribution in [1.29, 1.82) is 0 Å². The molecule has 2 aromatic rings. The summed E-state index contributed by atoms with van der Waals surface area (Å²) in [5, 5.41) is 2.98. The first-order valence-electron chi connectivity index (χ1n) is 6.90. The number of hydrogen-bond acceptors (Lipinski definition) is 5. The molecule has 0 bridgehead atoms. The highest BCUT2D eigenvalue weighted by Gasteiger charge is 2.12. The predicted octanol–water partition coefficient (Wildman–Crippen LogP) is 2.93. The van der Waals surface area contributed by atoms with E-state index in [2.05, 4.69) is 10.3 Å². The quantitative estimate of drug-likeness (QED) is 0.822. The summed E-state index contributed by atoms with van der Waals surface area (Å²) in [5.41, 5.74) is 0.627. The second kappa shape index (κ2) is 8.14. The highest BCUT2D eigenvalue weighted by molar-refractivity contribution is 6.30. The fourth-order valence-electron chi connectivity index (χ4n) is 1.72. The van der Waals surface area contributed by atoms with Gasteiger partial charge in [-0.1, -0.05) is 11.6 Å². The molecule has 0 unspecified atom stereocenters. The van der Waals surface area contributed by atoms with E-state index in [9.17, 15) is 9.59 Å². The van der Waals surface area contributed by atoms with Gasteiger partial charge < -0.3 is 14.8 Å². The number of carbonyl (C=O) groups excluding carboxylic acids is 2. The molecule has 120 valence electrons. The first-order valence-corrected chi connectivity index (χ1v) is 7.27. The van der Waals surface area contributed by atoms with Crippen LogP contribution in [0.4, 0.5) is 5.69 Å². The maximum Gasteiger partial charge on any atom is 0.357 e. The molecule has 0 saturated heterocycles. The van der Waals surface area contributed by atoms with Crippen LogP contribution in [0.3, 0.4) is 0 Å². The van der Waals surface area contributed by atoms with Crippen LogP contribution in [0.1, 0.15) is 17.4 Å². The summed E-state index contributed by atoms with van der Waals surface area (Å²) >= 11 is 5.76. The Balaban J connectivity index is 1.84. The number of anilines is 1. The third-order valence-corrected chi connectivity index (χ3v) is 2.95. The molecule has 1 aromatic heterocycles. The third kappa shape index (κ3) is 5.27. The number of ether oxygens (including phenoxy) is 2. The van der Waals surface area contributed by atoms with Gasteiger partial charge in [0.25, 0.3) is 5.91 Å². The first-order chi connectivity index (χ1) is 11.1. The molecular weight excluding hydrogens is 320 g/mol. The molecule has 23 heavy (non-hydrogen) atoms. The molecule has 7 heteroatoms. The van der Waals surface area contributed by atoms with Gasteiger partial charge in [-0.15, -0.1) is 0 Å². The number of amides is 1. The smallest absolute Gasteiger partial charge is 0.357 e. The number of rotatable bonds is 6. The van der Waals surface area contributed by atoms with Crippen LogP contribution in [0.2, 0.25) is 5.02 Å². The lowest BCUT2D eigenvalue weighted by molar-refractivity contribution is -0.119. The van der Waals surface area contributed by atoms with Crippen LogP contribution in [-0.2, 0) is 9.53 Å². The van der Waals surface area contributed by atoms with Crippen molar-refractivity contribution in [3.8, 4) is 5.75 Å². The van der Waals surface area contributed by atoms with E-state index in [1.54, 1.807) is 24.3 Å². The molecule has 2 rings (SSSR count). The Hall–Kier alpha value is -2.60. The molecule has 1 N–H and O–H groups in total. The zero-order valence-corrected chi connectivity index (χ0v) is 13.2. The van der Waals surface area contributed by atoms with Crippen LogP contribution in [0.15, 0.2) is 42.6 Å². The number of nitrogens with zero attached hydrogens (tertiary/aromatic N) is 1. The van der Waals surface area contributed by atoms with E-state index >= 15 is 0 Å². The summed E-state index contributed by atoms with van der Waals surface area (Å²) in [6, 6.07) is 9.78. The summed E-state index contributed by atoms with van der Waals surface area (Å²) in [6.45, 7) is 2.04. The second-order valence-corrected chi connectivity index (χ2v) is 4.88. The minimum absolute atomic E-state index is 0.0476. The Bertz CT molecular complexity index is 689. The molecule has 1 heterocycles. The van der Waals surface area contributed by atoms with Crippen molar-refractivity contribution in [2.24, 2.45) is 0 Å². The van der Waals surface area contributed by atoms with Crippen molar-refractivity contribution in [2.45, 2.75) is 6.92 Å². The average Bonchev–Trinajstić information content (AvgIpc) is 2.55. The maximum atomic E-state index is 11.8. The molecule has 0 saturated carbocycles. The summed E-state index contributed by atoms with van der Waals surface area (Å²) in [7, 11) is 0.